The maximum atomic E-state index is 11.8. The third kappa shape index (κ3) is 3.84. The van der Waals surface area contributed by atoms with E-state index in [4.69, 9.17) is 23.2 Å². The molecular formula is C13H10Cl2N2O2. The van der Waals surface area contributed by atoms with Gasteiger partial charge in [-0.05, 0) is 30.3 Å². The van der Waals surface area contributed by atoms with Crippen molar-refractivity contribution in [3.8, 4) is 0 Å². The first-order valence-electron chi connectivity index (χ1n) is 5.46. The lowest BCUT2D eigenvalue weighted by Gasteiger charge is -2.07. The van der Waals surface area contributed by atoms with Crippen LogP contribution in [0.3, 0.4) is 0 Å². The first-order valence-corrected chi connectivity index (χ1v) is 6.21. The van der Waals surface area contributed by atoms with Crippen LogP contribution in [0.1, 0.15) is 0 Å². The highest BCUT2D eigenvalue weighted by atomic mass is 35.5. The largest absolute Gasteiger partial charge is 0.325 e. The molecule has 0 fully saturated rings. The minimum atomic E-state index is -0.313. The van der Waals surface area contributed by atoms with E-state index in [1.165, 1.54) is 22.9 Å². The summed E-state index contributed by atoms with van der Waals surface area (Å²) < 4.78 is 1.24. The summed E-state index contributed by atoms with van der Waals surface area (Å²) in [6, 6.07) is 9.50. The lowest BCUT2D eigenvalue weighted by Crippen LogP contribution is -2.26. The number of hydrogen-bond acceptors (Lipinski definition) is 2. The fourth-order valence-electron chi connectivity index (χ4n) is 1.51. The zero-order chi connectivity index (χ0) is 13.8. The molecule has 0 radical (unpaired) electrons. The van der Waals surface area contributed by atoms with Crippen LogP contribution in [0.4, 0.5) is 5.69 Å². The molecule has 1 aromatic carbocycles. The van der Waals surface area contributed by atoms with Crippen molar-refractivity contribution in [2.45, 2.75) is 6.54 Å². The van der Waals surface area contributed by atoms with Crippen molar-refractivity contribution in [2.24, 2.45) is 0 Å². The summed E-state index contributed by atoms with van der Waals surface area (Å²) in [5, 5.41) is 3.65. The van der Waals surface area contributed by atoms with E-state index in [9.17, 15) is 9.59 Å². The highest BCUT2D eigenvalue weighted by Crippen LogP contribution is 2.13. The highest BCUT2D eigenvalue weighted by Gasteiger charge is 2.05. The van der Waals surface area contributed by atoms with Gasteiger partial charge in [-0.3, -0.25) is 9.59 Å². The van der Waals surface area contributed by atoms with Crippen LogP contribution in [0.2, 0.25) is 10.0 Å². The van der Waals surface area contributed by atoms with Crippen molar-refractivity contribution in [1.82, 2.24) is 4.57 Å². The van der Waals surface area contributed by atoms with E-state index in [0.29, 0.717) is 15.7 Å². The van der Waals surface area contributed by atoms with Crippen LogP contribution >= 0.6 is 23.2 Å². The number of hydrogen-bond donors (Lipinski definition) is 1. The molecule has 1 heterocycles. The number of anilines is 1. The third-order valence-corrected chi connectivity index (χ3v) is 2.86. The minimum Gasteiger partial charge on any atom is -0.325 e. The predicted molar refractivity (Wildman–Crippen MR) is 75.8 cm³/mol. The Balaban J connectivity index is 2.07. The van der Waals surface area contributed by atoms with Crippen LogP contribution in [0.5, 0.6) is 0 Å². The monoisotopic (exact) mass is 296 g/mol. The first kappa shape index (κ1) is 13.6. The predicted octanol–water partition coefficient (Wildman–Crippen LogP) is 2.79. The van der Waals surface area contributed by atoms with E-state index in [1.54, 1.807) is 24.3 Å². The van der Waals surface area contributed by atoms with E-state index in [1.807, 2.05) is 0 Å². The molecule has 0 bridgehead atoms. The number of carbonyl (C=O) groups is 1. The van der Waals surface area contributed by atoms with Gasteiger partial charge < -0.3 is 9.88 Å². The number of nitrogens with zero attached hydrogens (tertiary/aromatic N) is 1. The molecule has 1 aromatic heterocycles. The second kappa shape index (κ2) is 5.91. The lowest BCUT2D eigenvalue weighted by molar-refractivity contribution is -0.116. The molecule has 0 spiro atoms. The van der Waals surface area contributed by atoms with E-state index in [2.05, 4.69) is 5.32 Å². The van der Waals surface area contributed by atoms with Gasteiger partial charge in [0.2, 0.25) is 5.91 Å². The molecule has 0 aliphatic rings. The van der Waals surface area contributed by atoms with Crippen molar-refractivity contribution in [3.63, 3.8) is 0 Å². The zero-order valence-corrected chi connectivity index (χ0v) is 11.3. The van der Waals surface area contributed by atoms with Crippen molar-refractivity contribution >= 4 is 34.8 Å². The van der Waals surface area contributed by atoms with Gasteiger partial charge in [0.25, 0.3) is 5.56 Å². The average Bonchev–Trinajstić information content (AvgIpc) is 2.37. The molecular weight excluding hydrogens is 287 g/mol. The Kier molecular flexibility index (Phi) is 4.24. The number of benzene rings is 1. The molecule has 19 heavy (non-hydrogen) atoms. The fraction of sp³-hybridized carbons (Fsp3) is 0.0769. The molecule has 98 valence electrons. The van der Waals surface area contributed by atoms with Crippen LogP contribution < -0.4 is 10.9 Å². The number of carbonyl (C=O) groups excluding carboxylic acids is 1. The van der Waals surface area contributed by atoms with Gasteiger partial charge in [-0.1, -0.05) is 23.2 Å². The summed E-state index contributed by atoms with van der Waals surface area (Å²) in [7, 11) is 0. The van der Waals surface area contributed by atoms with Gasteiger partial charge in [-0.25, -0.2) is 0 Å². The molecule has 0 aliphatic heterocycles. The van der Waals surface area contributed by atoms with Gasteiger partial charge in [0.05, 0.1) is 5.02 Å². The quantitative estimate of drug-likeness (QED) is 0.947. The van der Waals surface area contributed by atoms with Gasteiger partial charge in [-0.15, -0.1) is 0 Å². The number of halogens is 2. The molecule has 0 unspecified atom stereocenters. The first-order chi connectivity index (χ1) is 9.04. The Morgan fingerprint density at radius 3 is 2.37 bits per heavy atom. The SMILES string of the molecule is O=C(Cn1cc(Cl)ccc1=O)Nc1ccc(Cl)cc1. The Morgan fingerprint density at radius 2 is 1.68 bits per heavy atom. The summed E-state index contributed by atoms with van der Waals surface area (Å²) in [4.78, 5) is 23.3. The molecule has 0 aliphatic carbocycles. The van der Waals surface area contributed by atoms with Crippen molar-refractivity contribution in [3.05, 3.63) is 63.0 Å². The Hall–Kier alpha value is -1.78. The average molecular weight is 297 g/mol. The van der Waals surface area contributed by atoms with Gasteiger partial charge in [0.15, 0.2) is 0 Å². The Labute approximate surface area is 119 Å². The van der Waals surface area contributed by atoms with Gasteiger partial charge in [0, 0.05) is 23.0 Å². The van der Waals surface area contributed by atoms with Crippen LogP contribution in [0.15, 0.2) is 47.4 Å². The maximum Gasteiger partial charge on any atom is 0.251 e. The molecule has 0 saturated carbocycles. The number of rotatable bonds is 3. The van der Waals surface area contributed by atoms with Crippen LogP contribution in [-0.2, 0) is 11.3 Å². The van der Waals surface area contributed by atoms with E-state index in [0.717, 1.165) is 0 Å². The van der Waals surface area contributed by atoms with Crippen molar-refractivity contribution in [1.29, 1.82) is 0 Å². The van der Waals surface area contributed by atoms with Crippen molar-refractivity contribution in [2.75, 3.05) is 5.32 Å². The molecule has 0 atom stereocenters. The Morgan fingerprint density at radius 1 is 1.05 bits per heavy atom. The maximum absolute atomic E-state index is 11.8. The topological polar surface area (TPSA) is 51.1 Å². The summed E-state index contributed by atoms with van der Waals surface area (Å²) >= 11 is 11.5. The molecule has 1 amide bonds. The lowest BCUT2D eigenvalue weighted by atomic mass is 10.3. The van der Waals surface area contributed by atoms with E-state index < -0.39 is 0 Å². The molecule has 2 aromatic rings. The summed E-state index contributed by atoms with van der Waals surface area (Å²) in [6.45, 7) is -0.0952. The normalized spacial score (nSPS) is 10.2. The number of aromatic nitrogens is 1. The zero-order valence-electron chi connectivity index (χ0n) is 9.77. The summed E-state index contributed by atoms with van der Waals surface area (Å²) in [6.07, 6.45) is 1.42. The third-order valence-electron chi connectivity index (χ3n) is 2.39. The second-order valence-corrected chi connectivity index (χ2v) is 4.74. The van der Waals surface area contributed by atoms with Gasteiger partial charge >= 0.3 is 0 Å². The smallest absolute Gasteiger partial charge is 0.251 e. The van der Waals surface area contributed by atoms with Gasteiger partial charge in [-0.2, -0.15) is 0 Å². The number of pyridine rings is 1. The second-order valence-electron chi connectivity index (χ2n) is 3.87. The van der Waals surface area contributed by atoms with Crippen LogP contribution in [0, 0.1) is 0 Å². The molecule has 0 saturated heterocycles. The summed E-state index contributed by atoms with van der Waals surface area (Å²) in [5.41, 5.74) is 0.333. The molecule has 1 N–H and O–H groups in total. The summed E-state index contributed by atoms with van der Waals surface area (Å²) in [5.74, 6) is -0.313. The number of amides is 1. The molecule has 2 rings (SSSR count). The number of nitrogens with one attached hydrogen (secondary N) is 1. The molecule has 4 nitrogen and oxygen atoms in total. The molecule has 6 heteroatoms. The van der Waals surface area contributed by atoms with Crippen LogP contribution in [0.25, 0.3) is 0 Å². The van der Waals surface area contributed by atoms with E-state index in [-0.39, 0.29) is 18.0 Å². The Bertz CT molecular complexity index is 650. The minimum absolute atomic E-state index is 0.0952. The van der Waals surface area contributed by atoms with Gasteiger partial charge in [0.1, 0.15) is 6.54 Å². The highest BCUT2D eigenvalue weighted by molar-refractivity contribution is 6.30. The standard InChI is InChI=1S/C13H10Cl2N2O2/c14-9-1-4-11(5-2-9)16-12(18)8-17-7-10(15)3-6-13(17)19/h1-7H,8H2,(H,16,18). The van der Waals surface area contributed by atoms with Crippen molar-refractivity contribution < 1.29 is 4.79 Å². The van der Waals surface area contributed by atoms with E-state index >= 15 is 0 Å². The fourth-order valence-corrected chi connectivity index (χ4v) is 1.82. The van der Waals surface area contributed by atoms with Crippen LogP contribution in [-0.4, -0.2) is 10.5 Å².